The van der Waals surface area contributed by atoms with Crippen molar-refractivity contribution in [3.8, 4) is 5.75 Å². The number of rotatable bonds is 5. The van der Waals surface area contributed by atoms with E-state index < -0.39 is 5.82 Å². The zero-order valence-corrected chi connectivity index (χ0v) is 11.7. The Morgan fingerprint density at radius 3 is 2.57 bits per heavy atom. The van der Waals surface area contributed by atoms with E-state index in [0.29, 0.717) is 24.2 Å². The van der Waals surface area contributed by atoms with Crippen LogP contribution in [0, 0.1) is 5.82 Å². The first-order valence-corrected chi connectivity index (χ1v) is 6.69. The molecule has 0 heterocycles. The Labute approximate surface area is 122 Å². The molecule has 0 aromatic heterocycles. The van der Waals surface area contributed by atoms with Gasteiger partial charge >= 0.3 is 0 Å². The number of nitrogens with one attached hydrogen (secondary N) is 2. The number of carbonyl (C=O) groups excluding carboxylic acids is 1. The van der Waals surface area contributed by atoms with Crippen LogP contribution in [0.4, 0.5) is 10.1 Å². The summed E-state index contributed by atoms with van der Waals surface area (Å²) in [5.74, 6) is -0.467. The van der Waals surface area contributed by atoms with Crippen LogP contribution in [0.1, 0.15) is 22.8 Å². The molecule has 21 heavy (non-hydrogen) atoms. The van der Waals surface area contributed by atoms with Gasteiger partial charge in [-0.05, 0) is 49.4 Å². The standard InChI is InChI=1S/C16H17FN2O2/c1-2-18-16(21)11-3-6-14(7-4-11)19-10-12-9-13(17)5-8-15(12)20/h3-9,19-20H,2,10H2,1H3,(H,18,21). The number of phenolic OH excluding ortho intramolecular Hbond substituents is 1. The van der Waals surface area contributed by atoms with Gasteiger partial charge in [0.25, 0.3) is 5.91 Å². The van der Waals surface area contributed by atoms with Crippen LogP contribution in [-0.4, -0.2) is 17.6 Å². The van der Waals surface area contributed by atoms with Crippen molar-refractivity contribution in [3.63, 3.8) is 0 Å². The SMILES string of the molecule is CCNC(=O)c1ccc(NCc2cc(F)ccc2O)cc1. The monoisotopic (exact) mass is 288 g/mol. The molecule has 0 saturated heterocycles. The van der Waals surface area contributed by atoms with Crippen molar-refractivity contribution >= 4 is 11.6 Å². The molecule has 4 nitrogen and oxygen atoms in total. The van der Waals surface area contributed by atoms with Gasteiger partial charge in [0, 0.05) is 29.9 Å². The summed E-state index contributed by atoms with van der Waals surface area (Å²) in [6.45, 7) is 2.74. The fraction of sp³-hybridized carbons (Fsp3) is 0.188. The largest absolute Gasteiger partial charge is 0.508 e. The van der Waals surface area contributed by atoms with Crippen molar-refractivity contribution < 1.29 is 14.3 Å². The summed E-state index contributed by atoms with van der Waals surface area (Å²) < 4.78 is 13.1. The van der Waals surface area contributed by atoms with E-state index in [1.54, 1.807) is 24.3 Å². The van der Waals surface area contributed by atoms with Crippen molar-refractivity contribution in [2.75, 3.05) is 11.9 Å². The molecule has 0 fully saturated rings. The molecule has 5 heteroatoms. The van der Waals surface area contributed by atoms with E-state index >= 15 is 0 Å². The summed E-state index contributed by atoms with van der Waals surface area (Å²) >= 11 is 0. The van der Waals surface area contributed by atoms with Crippen LogP contribution >= 0.6 is 0 Å². The van der Waals surface area contributed by atoms with E-state index in [-0.39, 0.29) is 11.7 Å². The average Bonchev–Trinajstić information content (AvgIpc) is 2.49. The van der Waals surface area contributed by atoms with Crippen molar-refractivity contribution in [2.24, 2.45) is 0 Å². The Hall–Kier alpha value is -2.56. The lowest BCUT2D eigenvalue weighted by atomic mass is 10.1. The maximum atomic E-state index is 13.1. The number of hydrogen-bond acceptors (Lipinski definition) is 3. The lowest BCUT2D eigenvalue weighted by molar-refractivity contribution is 0.0956. The summed E-state index contributed by atoms with van der Waals surface area (Å²) in [4.78, 5) is 11.6. The number of hydrogen-bond donors (Lipinski definition) is 3. The summed E-state index contributed by atoms with van der Waals surface area (Å²) in [6.07, 6.45) is 0. The number of amides is 1. The Morgan fingerprint density at radius 2 is 1.90 bits per heavy atom. The topological polar surface area (TPSA) is 61.4 Å². The second-order valence-corrected chi connectivity index (χ2v) is 4.56. The Bertz CT molecular complexity index is 627. The third-order valence-corrected chi connectivity index (χ3v) is 3.01. The van der Waals surface area contributed by atoms with Crippen LogP contribution in [-0.2, 0) is 6.54 Å². The Kier molecular flexibility index (Phi) is 4.77. The Morgan fingerprint density at radius 1 is 1.19 bits per heavy atom. The van der Waals surface area contributed by atoms with E-state index in [0.717, 1.165) is 5.69 Å². The summed E-state index contributed by atoms with van der Waals surface area (Å²) in [5, 5.41) is 15.4. The van der Waals surface area contributed by atoms with E-state index in [1.807, 2.05) is 6.92 Å². The second-order valence-electron chi connectivity index (χ2n) is 4.56. The number of carbonyl (C=O) groups is 1. The smallest absolute Gasteiger partial charge is 0.251 e. The van der Waals surface area contributed by atoms with Crippen molar-refractivity contribution in [1.82, 2.24) is 5.32 Å². The second kappa shape index (κ2) is 6.74. The van der Waals surface area contributed by atoms with Gasteiger partial charge in [-0.25, -0.2) is 4.39 Å². The number of anilines is 1. The van der Waals surface area contributed by atoms with E-state index in [4.69, 9.17) is 0 Å². The van der Waals surface area contributed by atoms with Crippen LogP contribution in [0.15, 0.2) is 42.5 Å². The first kappa shape index (κ1) is 14.8. The van der Waals surface area contributed by atoms with E-state index in [2.05, 4.69) is 10.6 Å². The Balaban J connectivity index is 2.00. The highest BCUT2D eigenvalue weighted by Crippen LogP contribution is 2.19. The first-order chi connectivity index (χ1) is 10.1. The van der Waals surface area contributed by atoms with Gasteiger partial charge in [0.05, 0.1) is 0 Å². The lowest BCUT2D eigenvalue weighted by Crippen LogP contribution is -2.22. The zero-order chi connectivity index (χ0) is 15.2. The minimum atomic E-state index is -0.392. The van der Waals surface area contributed by atoms with Crippen LogP contribution in [0.25, 0.3) is 0 Å². The minimum absolute atomic E-state index is 0.0443. The molecule has 0 atom stereocenters. The van der Waals surface area contributed by atoms with Gasteiger partial charge in [0.15, 0.2) is 0 Å². The maximum absolute atomic E-state index is 13.1. The number of aromatic hydroxyl groups is 1. The molecule has 2 aromatic carbocycles. The maximum Gasteiger partial charge on any atom is 0.251 e. The summed E-state index contributed by atoms with van der Waals surface area (Å²) in [5.41, 5.74) is 1.84. The van der Waals surface area contributed by atoms with Crippen molar-refractivity contribution in [2.45, 2.75) is 13.5 Å². The van der Waals surface area contributed by atoms with Crippen LogP contribution in [0.2, 0.25) is 0 Å². The molecule has 0 aliphatic carbocycles. The normalized spacial score (nSPS) is 10.2. The molecule has 0 unspecified atom stereocenters. The quantitative estimate of drug-likeness (QED) is 0.793. The molecule has 0 saturated carbocycles. The minimum Gasteiger partial charge on any atom is -0.508 e. The van der Waals surface area contributed by atoms with Crippen LogP contribution < -0.4 is 10.6 Å². The molecular formula is C16H17FN2O2. The molecule has 1 amide bonds. The number of phenols is 1. The van der Waals surface area contributed by atoms with E-state index in [1.165, 1.54) is 18.2 Å². The van der Waals surface area contributed by atoms with Crippen molar-refractivity contribution in [3.05, 3.63) is 59.4 Å². The molecule has 0 aliphatic heterocycles. The predicted octanol–water partition coefficient (Wildman–Crippen LogP) is 2.89. The molecular weight excluding hydrogens is 271 g/mol. The number of halogens is 1. The van der Waals surface area contributed by atoms with Gasteiger partial charge in [-0.2, -0.15) is 0 Å². The number of benzene rings is 2. The van der Waals surface area contributed by atoms with Gasteiger partial charge < -0.3 is 15.7 Å². The molecule has 110 valence electrons. The average molecular weight is 288 g/mol. The fourth-order valence-corrected chi connectivity index (χ4v) is 1.90. The molecule has 3 N–H and O–H groups in total. The molecule has 0 radical (unpaired) electrons. The highest BCUT2D eigenvalue weighted by atomic mass is 19.1. The summed E-state index contributed by atoms with van der Waals surface area (Å²) in [6, 6.07) is 10.8. The molecule has 0 aliphatic rings. The fourth-order valence-electron chi connectivity index (χ4n) is 1.90. The van der Waals surface area contributed by atoms with Gasteiger partial charge in [-0.3, -0.25) is 4.79 Å². The van der Waals surface area contributed by atoms with Gasteiger partial charge in [0.1, 0.15) is 11.6 Å². The highest BCUT2D eigenvalue weighted by Gasteiger charge is 2.05. The highest BCUT2D eigenvalue weighted by molar-refractivity contribution is 5.94. The van der Waals surface area contributed by atoms with Gasteiger partial charge in [-0.15, -0.1) is 0 Å². The third-order valence-electron chi connectivity index (χ3n) is 3.01. The zero-order valence-electron chi connectivity index (χ0n) is 11.7. The van der Waals surface area contributed by atoms with Crippen molar-refractivity contribution in [1.29, 1.82) is 0 Å². The molecule has 0 bridgehead atoms. The molecule has 2 aromatic rings. The van der Waals surface area contributed by atoms with Gasteiger partial charge in [0.2, 0.25) is 0 Å². The molecule has 0 spiro atoms. The first-order valence-electron chi connectivity index (χ1n) is 6.69. The van der Waals surface area contributed by atoms with Crippen LogP contribution in [0.5, 0.6) is 5.75 Å². The summed E-state index contributed by atoms with van der Waals surface area (Å²) in [7, 11) is 0. The predicted molar refractivity (Wildman–Crippen MR) is 79.8 cm³/mol. The van der Waals surface area contributed by atoms with Crippen LogP contribution in [0.3, 0.4) is 0 Å². The molecule has 2 rings (SSSR count). The lowest BCUT2D eigenvalue weighted by Gasteiger charge is -2.09. The third kappa shape index (κ3) is 3.95. The van der Waals surface area contributed by atoms with Gasteiger partial charge in [-0.1, -0.05) is 0 Å². The van der Waals surface area contributed by atoms with E-state index in [9.17, 15) is 14.3 Å².